The maximum Gasteiger partial charge on any atom is 0.223 e. The molecule has 22 heavy (non-hydrogen) atoms. The van der Waals surface area contributed by atoms with Gasteiger partial charge in [0.1, 0.15) is 5.15 Å². The summed E-state index contributed by atoms with van der Waals surface area (Å²) in [7, 11) is 0. The summed E-state index contributed by atoms with van der Waals surface area (Å²) < 4.78 is 0. The van der Waals surface area contributed by atoms with Crippen LogP contribution in [-0.2, 0) is 6.54 Å². The van der Waals surface area contributed by atoms with Crippen LogP contribution in [0.5, 0.6) is 0 Å². The zero-order chi connectivity index (χ0) is 15.4. The summed E-state index contributed by atoms with van der Waals surface area (Å²) in [4.78, 5) is 15.3. The summed E-state index contributed by atoms with van der Waals surface area (Å²) >= 11 is 5.83. The van der Waals surface area contributed by atoms with Crippen molar-refractivity contribution in [2.24, 2.45) is 0 Å². The van der Waals surface area contributed by atoms with Crippen LogP contribution in [0.3, 0.4) is 0 Å². The molecule has 0 aliphatic carbocycles. The van der Waals surface area contributed by atoms with E-state index in [4.69, 9.17) is 11.6 Å². The van der Waals surface area contributed by atoms with Gasteiger partial charge in [-0.3, -0.25) is 4.90 Å². The molecule has 1 N–H and O–H groups in total. The third-order valence-electron chi connectivity index (χ3n) is 3.83. The Morgan fingerprint density at radius 2 is 2.23 bits per heavy atom. The number of nitrogens with one attached hydrogen (secondary N) is 1. The summed E-state index contributed by atoms with van der Waals surface area (Å²) in [6.45, 7) is 4.97. The van der Waals surface area contributed by atoms with Gasteiger partial charge < -0.3 is 5.32 Å². The highest BCUT2D eigenvalue weighted by molar-refractivity contribution is 6.29. The third kappa shape index (κ3) is 4.15. The Hall–Kier alpha value is -1.72. The molecule has 6 heteroatoms. The molecule has 116 valence electrons. The number of hydrogen-bond donors (Lipinski definition) is 1. The highest BCUT2D eigenvalue weighted by Crippen LogP contribution is 2.16. The first-order valence-corrected chi connectivity index (χ1v) is 7.96. The third-order valence-corrected chi connectivity index (χ3v) is 4.05. The minimum Gasteiger partial charge on any atom is -0.350 e. The number of pyridine rings is 1. The molecule has 3 heterocycles. The summed E-state index contributed by atoms with van der Waals surface area (Å²) in [5.74, 6) is 0.722. The predicted octanol–water partition coefficient (Wildman–Crippen LogP) is 2.91. The van der Waals surface area contributed by atoms with E-state index >= 15 is 0 Å². The normalized spacial score (nSPS) is 19.1. The van der Waals surface area contributed by atoms with Gasteiger partial charge in [0, 0.05) is 37.2 Å². The highest BCUT2D eigenvalue weighted by atomic mass is 35.5. The molecule has 0 saturated carbocycles. The molecule has 1 atom stereocenters. The van der Waals surface area contributed by atoms with Gasteiger partial charge in [-0.15, -0.1) is 0 Å². The number of nitrogens with zero attached hydrogens (tertiary/aromatic N) is 4. The van der Waals surface area contributed by atoms with Crippen LogP contribution < -0.4 is 5.32 Å². The van der Waals surface area contributed by atoms with Gasteiger partial charge >= 0.3 is 0 Å². The van der Waals surface area contributed by atoms with Crippen molar-refractivity contribution in [1.29, 1.82) is 0 Å². The van der Waals surface area contributed by atoms with Gasteiger partial charge in [0.15, 0.2) is 0 Å². The van der Waals surface area contributed by atoms with Crippen LogP contribution in [0.4, 0.5) is 5.95 Å². The molecule has 3 rings (SSSR count). The van der Waals surface area contributed by atoms with E-state index in [1.54, 1.807) is 6.20 Å². The van der Waals surface area contributed by atoms with Gasteiger partial charge in [-0.1, -0.05) is 17.7 Å². The highest BCUT2D eigenvalue weighted by Gasteiger charge is 2.20. The monoisotopic (exact) mass is 317 g/mol. The number of aromatic nitrogens is 3. The molecule has 1 saturated heterocycles. The number of hydrogen-bond acceptors (Lipinski definition) is 5. The number of rotatable bonds is 4. The molecule has 0 bridgehead atoms. The van der Waals surface area contributed by atoms with Crippen LogP contribution in [0.1, 0.15) is 24.1 Å². The lowest BCUT2D eigenvalue weighted by molar-refractivity contribution is 0.208. The minimum absolute atomic E-state index is 0.385. The lowest BCUT2D eigenvalue weighted by atomic mass is 10.1. The van der Waals surface area contributed by atoms with E-state index in [1.807, 2.05) is 31.3 Å². The van der Waals surface area contributed by atoms with E-state index < -0.39 is 0 Å². The van der Waals surface area contributed by atoms with Crippen molar-refractivity contribution >= 4 is 17.5 Å². The topological polar surface area (TPSA) is 53.9 Å². The quantitative estimate of drug-likeness (QED) is 0.879. The fraction of sp³-hybridized carbons (Fsp3) is 0.438. The Balaban J connectivity index is 1.58. The van der Waals surface area contributed by atoms with Crippen molar-refractivity contribution in [1.82, 2.24) is 19.9 Å². The van der Waals surface area contributed by atoms with Crippen molar-refractivity contribution in [3.8, 4) is 0 Å². The first-order valence-electron chi connectivity index (χ1n) is 7.58. The standard InChI is InChI=1S/C16H20ClN5/c1-12-6-7-18-16(20-12)21-14-3-2-8-22(11-14)10-13-4-5-15(17)19-9-13/h4-7,9,14H,2-3,8,10-11H2,1H3,(H,18,20,21). The van der Waals surface area contributed by atoms with E-state index in [1.165, 1.54) is 12.0 Å². The molecule has 0 spiro atoms. The lowest BCUT2D eigenvalue weighted by Gasteiger charge is -2.33. The van der Waals surface area contributed by atoms with Crippen LogP contribution in [0.25, 0.3) is 0 Å². The van der Waals surface area contributed by atoms with Gasteiger partial charge in [0.2, 0.25) is 5.95 Å². The number of piperidine rings is 1. The zero-order valence-electron chi connectivity index (χ0n) is 12.7. The SMILES string of the molecule is Cc1ccnc(NC2CCCN(Cc3ccc(Cl)nc3)C2)n1. The van der Waals surface area contributed by atoms with Gasteiger partial charge in [-0.25, -0.2) is 15.0 Å². The molecule has 2 aromatic heterocycles. The molecule has 0 aromatic carbocycles. The molecule has 5 nitrogen and oxygen atoms in total. The van der Waals surface area contributed by atoms with Gasteiger partial charge in [-0.05, 0) is 44.0 Å². The number of halogens is 1. The molecule has 0 amide bonds. The van der Waals surface area contributed by atoms with Crippen LogP contribution in [0.2, 0.25) is 5.15 Å². The molecule has 1 unspecified atom stereocenters. The number of anilines is 1. The van der Waals surface area contributed by atoms with Crippen LogP contribution in [-0.4, -0.2) is 39.0 Å². The first-order chi connectivity index (χ1) is 10.7. The van der Waals surface area contributed by atoms with E-state index in [0.29, 0.717) is 11.2 Å². The fourth-order valence-corrected chi connectivity index (χ4v) is 2.89. The Morgan fingerprint density at radius 1 is 1.32 bits per heavy atom. The van der Waals surface area contributed by atoms with Gasteiger partial charge in [0.05, 0.1) is 0 Å². The smallest absolute Gasteiger partial charge is 0.223 e. The first kappa shape index (κ1) is 15.2. The average molecular weight is 318 g/mol. The second-order valence-corrected chi connectivity index (χ2v) is 6.12. The van der Waals surface area contributed by atoms with Crippen molar-refractivity contribution < 1.29 is 0 Å². The zero-order valence-corrected chi connectivity index (χ0v) is 13.4. The van der Waals surface area contributed by atoms with Crippen molar-refractivity contribution in [3.05, 3.63) is 47.0 Å². The number of aryl methyl sites for hydroxylation is 1. The maximum atomic E-state index is 5.83. The van der Waals surface area contributed by atoms with Crippen molar-refractivity contribution in [3.63, 3.8) is 0 Å². The molecule has 1 aliphatic heterocycles. The fourth-order valence-electron chi connectivity index (χ4n) is 2.78. The van der Waals surface area contributed by atoms with E-state index in [9.17, 15) is 0 Å². The second kappa shape index (κ2) is 7.03. The molecular weight excluding hydrogens is 298 g/mol. The van der Waals surface area contributed by atoms with Gasteiger partial charge in [0.25, 0.3) is 0 Å². The van der Waals surface area contributed by atoms with Crippen LogP contribution >= 0.6 is 11.6 Å². The Bertz CT molecular complexity index is 616. The lowest BCUT2D eigenvalue weighted by Crippen LogP contribution is -2.41. The van der Waals surface area contributed by atoms with Crippen molar-refractivity contribution in [2.75, 3.05) is 18.4 Å². The summed E-state index contributed by atoms with van der Waals surface area (Å²) in [6, 6.07) is 6.18. The molecule has 1 fully saturated rings. The summed E-state index contributed by atoms with van der Waals surface area (Å²) in [6.07, 6.45) is 5.96. The predicted molar refractivity (Wildman–Crippen MR) is 87.9 cm³/mol. The molecular formula is C16H20ClN5. The van der Waals surface area contributed by atoms with E-state index in [2.05, 4.69) is 25.2 Å². The van der Waals surface area contributed by atoms with Gasteiger partial charge in [-0.2, -0.15) is 0 Å². The Morgan fingerprint density at radius 3 is 3.00 bits per heavy atom. The molecule has 0 radical (unpaired) electrons. The average Bonchev–Trinajstić information content (AvgIpc) is 2.50. The molecule has 1 aliphatic rings. The van der Waals surface area contributed by atoms with E-state index in [-0.39, 0.29) is 0 Å². The summed E-state index contributed by atoms with van der Waals surface area (Å²) in [5.41, 5.74) is 2.18. The second-order valence-electron chi connectivity index (χ2n) is 5.73. The Kier molecular flexibility index (Phi) is 4.85. The van der Waals surface area contributed by atoms with Crippen molar-refractivity contribution in [2.45, 2.75) is 32.4 Å². The summed E-state index contributed by atoms with van der Waals surface area (Å²) in [5, 5.41) is 3.99. The van der Waals surface area contributed by atoms with Crippen LogP contribution in [0, 0.1) is 6.92 Å². The maximum absolute atomic E-state index is 5.83. The van der Waals surface area contributed by atoms with E-state index in [0.717, 1.165) is 37.7 Å². The van der Waals surface area contributed by atoms with Crippen LogP contribution in [0.15, 0.2) is 30.6 Å². The Labute approximate surface area is 135 Å². The number of likely N-dealkylation sites (tertiary alicyclic amines) is 1. The minimum atomic E-state index is 0.385. The molecule has 2 aromatic rings. The largest absolute Gasteiger partial charge is 0.350 e.